The van der Waals surface area contributed by atoms with Gasteiger partial charge in [-0.05, 0) is 24.6 Å². The number of carbonyl (C=O) groups excluding carboxylic acids is 2. The number of likely N-dealkylation sites (N-methyl/N-ethyl adjacent to an activating group) is 1. The zero-order chi connectivity index (χ0) is 20.8. The smallest absolute Gasteiger partial charge is 0.344 e. The van der Waals surface area contributed by atoms with E-state index in [9.17, 15) is 9.59 Å². The second-order valence-electron chi connectivity index (χ2n) is 6.51. The van der Waals surface area contributed by atoms with Crippen molar-refractivity contribution in [3.63, 3.8) is 0 Å². The summed E-state index contributed by atoms with van der Waals surface area (Å²) in [6.07, 6.45) is 0. The molecule has 29 heavy (non-hydrogen) atoms. The quantitative estimate of drug-likeness (QED) is 0.571. The molecule has 3 rings (SSSR count). The van der Waals surface area contributed by atoms with Crippen molar-refractivity contribution >= 4 is 11.9 Å². The van der Waals surface area contributed by atoms with Gasteiger partial charge in [-0.1, -0.05) is 47.6 Å². The lowest BCUT2D eigenvalue weighted by Gasteiger charge is -2.17. The molecule has 0 spiro atoms. The van der Waals surface area contributed by atoms with Crippen molar-refractivity contribution in [3.05, 3.63) is 71.5 Å². The topological polar surface area (TPSA) is 81.9 Å². The Kier molecular flexibility index (Phi) is 6.29. The normalized spacial score (nSPS) is 10.4. The number of hydrogen-bond acceptors (Lipinski definition) is 6. The number of benzene rings is 2. The first-order chi connectivity index (χ1) is 14.0. The lowest BCUT2D eigenvalue weighted by molar-refractivity contribution is -0.133. The Morgan fingerprint density at radius 2 is 1.86 bits per heavy atom. The van der Waals surface area contributed by atoms with Gasteiger partial charge in [0, 0.05) is 19.2 Å². The van der Waals surface area contributed by atoms with Gasteiger partial charge in [-0.25, -0.2) is 4.79 Å². The Bertz CT molecular complexity index is 997. The van der Waals surface area contributed by atoms with Crippen LogP contribution in [0.15, 0.2) is 59.1 Å². The van der Waals surface area contributed by atoms with Crippen LogP contribution in [0.3, 0.4) is 0 Å². The van der Waals surface area contributed by atoms with Crippen LogP contribution in [-0.2, 0) is 16.1 Å². The summed E-state index contributed by atoms with van der Waals surface area (Å²) in [7, 11) is 3.24. The molecule has 0 aliphatic heterocycles. The summed E-state index contributed by atoms with van der Waals surface area (Å²) in [6, 6.07) is 16.6. The Hall–Kier alpha value is -3.61. The molecule has 1 amide bonds. The fourth-order valence-corrected chi connectivity index (χ4v) is 2.85. The number of aromatic nitrogens is 1. The molecule has 7 nitrogen and oxygen atoms in total. The summed E-state index contributed by atoms with van der Waals surface area (Å²) in [5, 5.41) is 3.96. The first-order valence-corrected chi connectivity index (χ1v) is 9.05. The largest absolute Gasteiger partial charge is 0.497 e. The molecule has 7 heteroatoms. The van der Waals surface area contributed by atoms with Gasteiger partial charge < -0.3 is 18.9 Å². The third kappa shape index (κ3) is 4.82. The van der Waals surface area contributed by atoms with Crippen molar-refractivity contribution < 1.29 is 23.6 Å². The molecule has 150 valence electrons. The summed E-state index contributed by atoms with van der Waals surface area (Å²) >= 11 is 0. The number of esters is 1. The number of methoxy groups -OCH3 is 1. The molecule has 1 aromatic heterocycles. The number of rotatable bonds is 7. The molecule has 1 heterocycles. The van der Waals surface area contributed by atoms with Gasteiger partial charge in [-0.3, -0.25) is 4.79 Å². The third-order valence-electron chi connectivity index (χ3n) is 4.42. The lowest BCUT2D eigenvalue weighted by Crippen LogP contribution is -2.30. The van der Waals surface area contributed by atoms with Crippen LogP contribution in [0, 0.1) is 6.92 Å². The number of hydrogen-bond donors (Lipinski definition) is 0. The number of amides is 1. The van der Waals surface area contributed by atoms with E-state index in [2.05, 4.69) is 5.16 Å². The number of aryl methyl sites for hydroxylation is 1. The number of ether oxygens (including phenoxy) is 2. The van der Waals surface area contributed by atoms with Gasteiger partial charge in [-0.2, -0.15) is 0 Å². The Morgan fingerprint density at radius 1 is 1.10 bits per heavy atom. The summed E-state index contributed by atoms with van der Waals surface area (Å²) in [5.74, 6) is 0.0828. The fourth-order valence-electron chi connectivity index (χ4n) is 2.85. The maximum absolute atomic E-state index is 12.6. The monoisotopic (exact) mass is 394 g/mol. The van der Waals surface area contributed by atoms with Crippen LogP contribution in [0.2, 0.25) is 0 Å². The van der Waals surface area contributed by atoms with Crippen molar-refractivity contribution in [1.82, 2.24) is 10.1 Å². The Labute approximate surface area is 168 Å². The highest BCUT2D eigenvalue weighted by atomic mass is 16.5. The van der Waals surface area contributed by atoms with Gasteiger partial charge in [0.2, 0.25) is 0 Å². The standard InChI is InChI=1S/C22H22N2O5/c1-15-20(21(23-29-15)17-9-5-4-6-10-17)22(26)28-14-19(25)24(2)13-16-8-7-11-18(12-16)27-3/h4-12H,13-14H2,1-3H3. The summed E-state index contributed by atoms with van der Waals surface area (Å²) in [5.41, 5.74) is 2.26. The van der Waals surface area contributed by atoms with Crippen LogP contribution in [0.5, 0.6) is 5.75 Å². The molecule has 3 aromatic rings. The zero-order valence-electron chi connectivity index (χ0n) is 16.5. The van der Waals surface area contributed by atoms with Crippen molar-refractivity contribution in [3.8, 4) is 17.0 Å². The molecule has 0 saturated heterocycles. The van der Waals surface area contributed by atoms with Crippen molar-refractivity contribution in [1.29, 1.82) is 0 Å². The Balaban J connectivity index is 1.63. The molecule has 0 bridgehead atoms. The lowest BCUT2D eigenvalue weighted by atomic mass is 10.1. The average molecular weight is 394 g/mol. The van der Waals surface area contributed by atoms with Crippen LogP contribution in [0.25, 0.3) is 11.3 Å². The highest BCUT2D eigenvalue weighted by Crippen LogP contribution is 2.25. The van der Waals surface area contributed by atoms with E-state index >= 15 is 0 Å². The van der Waals surface area contributed by atoms with E-state index < -0.39 is 5.97 Å². The predicted octanol–water partition coefficient (Wildman–Crippen LogP) is 3.47. The minimum Gasteiger partial charge on any atom is -0.497 e. The van der Waals surface area contributed by atoms with Crippen LogP contribution in [0.1, 0.15) is 21.7 Å². The van der Waals surface area contributed by atoms with Crippen molar-refractivity contribution in [2.45, 2.75) is 13.5 Å². The molecule has 0 atom stereocenters. The molecule has 2 aromatic carbocycles. The number of carbonyl (C=O) groups is 2. The van der Waals surface area contributed by atoms with E-state index in [4.69, 9.17) is 14.0 Å². The second kappa shape index (κ2) is 9.05. The number of nitrogens with zero attached hydrogens (tertiary/aromatic N) is 2. The van der Waals surface area contributed by atoms with E-state index in [1.54, 1.807) is 21.1 Å². The Morgan fingerprint density at radius 3 is 2.59 bits per heavy atom. The van der Waals surface area contributed by atoms with E-state index in [0.29, 0.717) is 23.7 Å². The minimum absolute atomic E-state index is 0.222. The van der Waals surface area contributed by atoms with Gasteiger partial charge in [0.1, 0.15) is 22.8 Å². The minimum atomic E-state index is -0.647. The molecule has 0 aliphatic rings. The summed E-state index contributed by atoms with van der Waals surface area (Å²) in [6.45, 7) is 1.63. The van der Waals surface area contributed by atoms with Crippen LogP contribution in [-0.4, -0.2) is 42.7 Å². The van der Waals surface area contributed by atoms with Gasteiger partial charge in [0.05, 0.1) is 7.11 Å². The molecule has 0 N–H and O–H groups in total. The van der Waals surface area contributed by atoms with E-state index in [1.807, 2.05) is 54.6 Å². The van der Waals surface area contributed by atoms with E-state index in [0.717, 1.165) is 11.1 Å². The zero-order valence-corrected chi connectivity index (χ0v) is 16.5. The second-order valence-corrected chi connectivity index (χ2v) is 6.51. The molecule has 0 aliphatic carbocycles. The predicted molar refractivity (Wildman–Crippen MR) is 106 cm³/mol. The highest BCUT2D eigenvalue weighted by molar-refractivity contribution is 5.98. The van der Waals surface area contributed by atoms with E-state index in [1.165, 1.54) is 4.90 Å². The van der Waals surface area contributed by atoms with Gasteiger partial charge in [-0.15, -0.1) is 0 Å². The van der Waals surface area contributed by atoms with Gasteiger partial charge >= 0.3 is 5.97 Å². The van der Waals surface area contributed by atoms with E-state index in [-0.39, 0.29) is 18.1 Å². The first kappa shape index (κ1) is 20.1. The van der Waals surface area contributed by atoms with Crippen LogP contribution >= 0.6 is 0 Å². The summed E-state index contributed by atoms with van der Waals surface area (Å²) < 4.78 is 15.6. The molecule has 0 fully saturated rings. The molecular weight excluding hydrogens is 372 g/mol. The van der Waals surface area contributed by atoms with Crippen LogP contribution < -0.4 is 4.74 Å². The highest BCUT2D eigenvalue weighted by Gasteiger charge is 2.24. The summed E-state index contributed by atoms with van der Waals surface area (Å²) in [4.78, 5) is 26.5. The van der Waals surface area contributed by atoms with Crippen molar-refractivity contribution in [2.75, 3.05) is 20.8 Å². The molecule has 0 radical (unpaired) electrons. The van der Waals surface area contributed by atoms with Crippen molar-refractivity contribution in [2.24, 2.45) is 0 Å². The third-order valence-corrected chi connectivity index (χ3v) is 4.42. The first-order valence-electron chi connectivity index (χ1n) is 9.05. The SMILES string of the molecule is COc1cccc(CN(C)C(=O)COC(=O)c2c(-c3ccccc3)noc2C)c1. The molecule has 0 saturated carbocycles. The van der Waals surface area contributed by atoms with Crippen LogP contribution in [0.4, 0.5) is 0 Å². The molecule has 0 unspecified atom stereocenters. The fraction of sp³-hybridized carbons (Fsp3) is 0.227. The average Bonchev–Trinajstić information content (AvgIpc) is 3.14. The maximum Gasteiger partial charge on any atom is 0.344 e. The maximum atomic E-state index is 12.6. The van der Waals surface area contributed by atoms with Gasteiger partial charge in [0.25, 0.3) is 5.91 Å². The van der Waals surface area contributed by atoms with Gasteiger partial charge in [0.15, 0.2) is 6.61 Å². The molecular formula is C22H22N2O5.